The van der Waals surface area contributed by atoms with Gasteiger partial charge in [0.1, 0.15) is 5.67 Å². The molecule has 1 nitrogen and oxygen atoms in total. The van der Waals surface area contributed by atoms with Gasteiger partial charge in [-0.15, -0.1) is 0 Å². The summed E-state index contributed by atoms with van der Waals surface area (Å²) in [5.74, 6) is 0. The summed E-state index contributed by atoms with van der Waals surface area (Å²) in [7, 11) is 0. The summed E-state index contributed by atoms with van der Waals surface area (Å²) in [6.45, 7) is 34.5. The Kier molecular flexibility index (Phi) is 8.71. The van der Waals surface area contributed by atoms with Gasteiger partial charge in [-0.25, -0.2) is 4.39 Å². The predicted octanol–water partition coefficient (Wildman–Crippen LogP) is 8.66. The van der Waals surface area contributed by atoms with E-state index >= 15 is 4.39 Å². The van der Waals surface area contributed by atoms with E-state index in [0.717, 1.165) is 46.5 Å². The summed E-state index contributed by atoms with van der Waals surface area (Å²) >= 11 is 0. The lowest BCUT2D eigenvalue weighted by Crippen LogP contribution is -2.33. The Morgan fingerprint density at radius 3 is 2.00 bits per heavy atom. The summed E-state index contributed by atoms with van der Waals surface area (Å²) in [6.07, 6.45) is 4.97. The number of nitrogens with zero attached hydrogens (tertiary/aromatic N) is 1. The summed E-state index contributed by atoms with van der Waals surface area (Å²) in [4.78, 5) is 2.28. The quantitative estimate of drug-likeness (QED) is 0.369. The number of hydrogen-bond acceptors (Lipinski definition) is 1. The Morgan fingerprint density at radius 2 is 1.58 bits per heavy atom. The maximum absolute atomic E-state index is 15.2. The normalized spacial score (nSPS) is 17.6. The standard InChI is InChI=1S/C29H44FN/c1-14-26(29(12,13)30)27(23(7)19(2)3)25-18-31(16-15-20(25)4)24(8)21(5)17-22(6)28(9,10)11/h14,17H,2,5,8,15-16,18H2,1,3-4,6-7,9-13H3/b22-17+,26-14+,27-23-. The molecule has 0 N–H and O–H groups in total. The molecule has 0 spiro atoms. The van der Waals surface area contributed by atoms with Crippen molar-refractivity contribution < 1.29 is 4.39 Å². The zero-order valence-electron chi connectivity index (χ0n) is 21.7. The van der Waals surface area contributed by atoms with E-state index < -0.39 is 5.67 Å². The molecule has 1 rings (SSSR count). The molecule has 0 aromatic heterocycles. The predicted molar refractivity (Wildman–Crippen MR) is 137 cm³/mol. The van der Waals surface area contributed by atoms with Crippen LogP contribution in [0.4, 0.5) is 4.39 Å². The highest BCUT2D eigenvalue weighted by Crippen LogP contribution is 2.39. The van der Waals surface area contributed by atoms with Gasteiger partial charge in [-0.2, -0.15) is 0 Å². The fourth-order valence-corrected chi connectivity index (χ4v) is 3.73. The molecule has 172 valence electrons. The average molecular weight is 426 g/mol. The highest BCUT2D eigenvalue weighted by Gasteiger charge is 2.31. The van der Waals surface area contributed by atoms with Gasteiger partial charge >= 0.3 is 0 Å². The second kappa shape index (κ2) is 10.0. The second-order valence-corrected chi connectivity index (χ2v) is 10.4. The van der Waals surface area contributed by atoms with Crippen LogP contribution in [0.1, 0.15) is 75.7 Å². The van der Waals surface area contributed by atoms with Crippen LogP contribution in [-0.4, -0.2) is 23.7 Å². The zero-order chi connectivity index (χ0) is 24.3. The van der Waals surface area contributed by atoms with Crippen LogP contribution >= 0.6 is 0 Å². The SMILES string of the molecule is C=C(/C=C(\C)C(C)(C)C)C(=C)N1CCC(C)=C(C(=C(\C)C(=C)C)/C(=C\C)C(C)(C)F)C1. The molecule has 0 saturated carbocycles. The molecule has 0 atom stereocenters. The second-order valence-electron chi connectivity index (χ2n) is 10.4. The van der Waals surface area contributed by atoms with Crippen molar-refractivity contribution in [2.75, 3.05) is 13.1 Å². The lowest BCUT2D eigenvalue weighted by Gasteiger charge is -2.37. The third-order valence-electron chi connectivity index (χ3n) is 6.46. The van der Waals surface area contributed by atoms with Crippen LogP contribution in [0.5, 0.6) is 0 Å². The minimum absolute atomic E-state index is 0.0921. The molecule has 0 aromatic rings. The number of alkyl halides is 1. The molecule has 0 aliphatic carbocycles. The summed E-state index contributed by atoms with van der Waals surface area (Å²) in [5.41, 5.74) is 7.99. The first-order valence-electron chi connectivity index (χ1n) is 11.3. The van der Waals surface area contributed by atoms with E-state index in [1.54, 1.807) is 13.8 Å². The molecule has 1 aliphatic rings. The molecule has 0 unspecified atom stereocenters. The Hall–Kier alpha value is -2.09. The van der Waals surface area contributed by atoms with Gasteiger partial charge in [-0.3, -0.25) is 0 Å². The maximum atomic E-state index is 15.2. The van der Waals surface area contributed by atoms with Crippen molar-refractivity contribution in [3.63, 3.8) is 0 Å². The first-order valence-corrected chi connectivity index (χ1v) is 11.3. The van der Waals surface area contributed by atoms with Gasteiger partial charge < -0.3 is 4.90 Å². The van der Waals surface area contributed by atoms with E-state index in [4.69, 9.17) is 0 Å². The summed E-state index contributed by atoms with van der Waals surface area (Å²) in [6, 6.07) is 0. The van der Waals surface area contributed by atoms with Crippen LogP contribution in [0.25, 0.3) is 0 Å². The van der Waals surface area contributed by atoms with Crippen LogP contribution in [0, 0.1) is 5.41 Å². The van der Waals surface area contributed by atoms with E-state index in [1.807, 2.05) is 19.9 Å². The Balaban J connectivity index is 3.44. The number of halogens is 1. The Labute approximate surface area is 191 Å². The van der Waals surface area contributed by atoms with Crippen LogP contribution in [0.15, 0.2) is 82.2 Å². The fraction of sp³-hybridized carbons (Fsp3) is 0.517. The monoisotopic (exact) mass is 425 g/mol. The van der Waals surface area contributed by atoms with E-state index in [9.17, 15) is 0 Å². The van der Waals surface area contributed by atoms with Crippen molar-refractivity contribution in [1.29, 1.82) is 0 Å². The summed E-state index contributed by atoms with van der Waals surface area (Å²) < 4.78 is 15.2. The van der Waals surface area contributed by atoms with Gasteiger partial charge in [0.05, 0.1) is 0 Å². The van der Waals surface area contributed by atoms with Crippen molar-refractivity contribution in [3.8, 4) is 0 Å². The van der Waals surface area contributed by atoms with Gasteiger partial charge in [0.25, 0.3) is 0 Å². The van der Waals surface area contributed by atoms with Crippen LogP contribution < -0.4 is 0 Å². The van der Waals surface area contributed by atoms with E-state index in [-0.39, 0.29) is 5.41 Å². The Bertz CT molecular complexity index is 873. The lowest BCUT2D eigenvalue weighted by atomic mass is 9.80. The minimum atomic E-state index is -1.44. The van der Waals surface area contributed by atoms with Crippen molar-refractivity contribution >= 4 is 0 Å². The molecule has 0 fully saturated rings. The molecule has 0 bridgehead atoms. The van der Waals surface area contributed by atoms with E-state index in [2.05, 4.69) is 72.3 Å². The van der Waals surface area contributed by atoms with E-state index in [0.29, 0.717) is 6.54 Å². The smallest absolute Gasteiger partial charge is 0.130 e. The molecule has 0 saturated heterocycles. The molecular weight excluding hydrogens is 381 g/mol. The molecule has 0 amide bonds. The van der Waals surface area contributed by atoms with Gasteiger partial charge in [-0.05, 0) is 88.2 Å². The van der Waals surface area contributed by atoms with Gasteiger partial charge in [0, 0.05) is 18.8 Å². The highest BCUT2D eigenvalue weighted by atomic mass is 19.1. The molecule has 1 aliphatic heterocycles. The largest absolute Gasteiger partial charge is 0.367 e. The molecule has 31 heavy (non-hydrogen) atoms. The van der Waals surface area contributed by atoms with E-state index in [1.165, 1.54) is 16.7 Å². The first kappa shape index (κ1) is 26.9. The third-order valence-corrected chi connectivity index (χ3v) is 6.46. The number of hydrogen-bond donors (Lipinski definition) is 0. The number of allylic oxidation sites excluding steroid dienone is 6. The highest BCUT2D eigenvalue weighted by molar-refractivity contribution is 5.59. The maximum Gasteiger partial charge on any atom is 0.130 e. The third kappa shape index (κ3) is 6.69. The van der Waals surface area contributed by atoms with Gasteiger partial charge in [0.2, 0.25) is 0 Å². The fourth-order valence-electron chi connectivity index (χ4n) is 3.73. The van der Waals surface area contributed by atoms with Crippen LogP contribution in [0.3, 0.4) is 0 Å². The Morgan fingerprint density at radius 1 is 1.03 bits per heavy atom. The minimum Gasteiger partial charge on any atom is -0.367 e. The summed E-state index contributed by atoms with van der Waals surface area (Å²) in [5, 5.41) is 0. The topological polar surface area (TPSA) is 3.24 Å². The first-order chi connectivity index (χ1) is 14.0. The van der Waals surface area contributed by atoms with Crippen LogP contribution in [0.2, 0.25) is 0 Å². The van der Waals surface area contributed by atoms with Crippen molar-refractivity contribution in [2.45, 2.75) is 81.3 Å². The zero-order valence-corrected chi connectivity index (χ0v) is 21.7. The van der Waals surface area contributed by atoms with Crippen LogP contribution in [-0.2, 0) is 0 Å². The molecule has 0 aromatic carbocycles. The lowest BCUT2D eigenvalue weighted by molar-refractivity contribution is 0.270. The average Bonchev–Trinajstić information content (AvgIpc) is 2.63. The molecule has 2 heteroatoms. The number of rotatable bonds is 7. The van der Waals surface area contributed by atoms with Crippen molar-refractivity contribution in [2.24, 2.45) is 5.41 Å². The van der Waals surface area contributed by atoms with Crippen molar-refractivity contribution in [1.82, 2.24) is 4.90 Å². The van der Waals surface area contributed by atoms with Gasteiger partial charge in [0.15, 0.2) is 0 Å². The molecule has 1 heterocycles. The molecular formula is C29H44FN. The van der Waals surface area contributed by atoms with Crippen molar-refractivity contribution in [3.05, 3.63) is 82.2 Å². The van der Waals surface area contributed by atoms with Gasteiger partial charge in [-0.1, -0.05) is 69.4 Å². The molecule has 0 radical (unpaired) electrons.